The number of nitrogens with two attached hydrogens (primary N) is 1. The van der Waals surface area contributed by atoms with Gasteiger partial charge in [-0.15, -0.1) is 0 Å². The molecule has 0 saturated carbocycles. The Morgan fingerprint density at radius 1 is 1.10 bits per heavy atom. The molecule has 0 aliphatic heterocycles. The van der Waals surface area contributed by atoms with Crippen LogP contribution in [0.25, 0.3) is 0 Å². The maximum atomic E-state index is 13.9. The minimum atomic E-state index is -0.383. The Hall–Kier alpha value is -2.14. The summed E-state index contributed by atoms with van der Waals surface area (Å²) in [5.74, 6) is 1.04. The van der Waals surface area contributed by atoms with E-state index in [-0.39, 0.29) is 17.4 Å². The van der Waals surface area contributed by atoms with Crippen LogP contribution < -0.4 is 15.2 Å². The molecule has 0 aliphatic carbocycles. The highest BCUT2D eigenvalue weighted by Crippen LogP contribution is 2.19. The van der Waals surface area contributed by atoms with Crippen molar-refractivity contribution in [2.24, 2.45) is 5.73 Å². The third-order valence-corrected chi connectivity index (χ3v) is 3.10. The van der Waals surface area contributed by atoms with Crippen molar-refractivity contribution in [1.29, 1.82) is 0 Å². The number of benzene rings is 2. The van der Waals surface area contributed by atoms with E-state index in [1.165, 1.54) is 6.07 Å². The van der Waals surface area contributed by atoms with Gasteiger partial charge in [0.2, 0.25) is 0 Å². The van der Waals surface area contributed by atoms with Crippen LogP contribution in [0.4, 0.5) is 4.39 Å². The summed E-state index contributed by atoms with van der Waals surface area (Å²) in [7, 11) is 0. The first kappa shape index (κ1) is 15.3. The van der Waals surface area contributed by atoms with Gasteiger partial charge in [-0.25, -0.2) is 4.39 Å². The van der Waals surface area contributed by atoms with Crippen LogP contribution in [0.15, 0.2) is 42.5 Å². The van der Waals surface area contributed by atoms with E-state index in [0.29, 0.717) is 23.5 Å². The van der Waals surface area contributed by atoms with E-state index in [0.717, 1.165) is 5.75 Å². The van der Waals surface area contributed by atoms with Gasteiger partial charge in [0, 0.05) is 11.1 Å². The third kappa shape index (κ3) is 4.16. The average Bonchev–Trinajstić information content (AvgIpc) is 2.47. The van der Waals surface area contributed by atoms with E-state index < -0.39 is 0 Å². The molecule has 0 spiro atoms. The Labute approximate surface area is 128 Å². The highest BCUT2D eigenvalue weighted by Gasteiger charge is 2.06. The van der Waals surface area contributed by atoms with Gasteiger partial charge in [0.05, 0.1) is 6.61 Å². The Kier molecular flexibility index (Phi) is 5.11. The van der Waals surface area contributed by atoms with E-state index >= 15 is 0 Å². The first-order chi connectivity index (χ1) is 10.1. The average molecular weight is 305 g/mol. The van der Waals surface area contributed by atoms with Crippen molar-refractivity contribution in [2.45, 2.75) is 13.5 Å². The van der Waals surface area contributed by atoms with E-state index in [4.69, 9.17) is 27.4 Å². The number of ether oxygens (including phenoxy) is 2. The summed E-state index contributed by atoms with van der Waals surface area (Å²) >= 11 is 4.81. The zero-order valence-corrected chi connectivity index (χ0v) is 12.5. The predicted molar refractivity (Wildman–Crippen MR) is 84.2 cm³/mol. The molecule has 0 aromatic heterocycles. The van der Waals surface area contributed by atoms with Gasteiger partial charge in [-0.3, -0.25) is 0 Å². The van der Waals surface area contributed by atoms with E-state index in [2.05, 4.69) is 0 Å². The summed E-state index contributed by atoms with van der Waals surface area (Å²) in [5.41, 5.74) is 6.41. The summed E-state index contributed by atoms with van der Waals surface area (Å²) in [5, 5.41) is 0. The zero-order valence-electron chi connectivity index (χ0n) is 11.6. The standard InChI is InChI=1S/C16H16FNO2S/c1-2-19-13-5-7-14(8-6-13)20-10-12-4-3-11(16(18)21)9-15(12)17/h3-9H,2,10H2,1H3,(H2,18,21). The monoisotopic (exact) mass is 305 g/mol. The molecule has 0 saturated heterocycles. The molecule has 2 aromatic rings. The largest absolute Gasteiger partial charge is 0.494 e. The minimum absolute atomic E-state index is 0.136. The molecule has 21 heavy (non-hydrogen) atoms. The van der Waals surface area contributed by atoms with Crippen LogP contribution in [0.5, 0.6) is 11.5 Å². The van der Waals surface area contributed by atoms with Gasteiger partial charge in [-0.05, 0) is 37.3 Å². The lowest BCUT2D eigenvalue weighted by atomic mass is 10.1. The topological polar surface area (TPSA) is 44.5 Å². The molecule has 0 bridgehead atoms. The SMILES string of the molecule is CCOc1ccc(OCc2ccc(C(N)=S)cc2F)cc1. The Bertz CT molecular complexity index is 629. The fraction of sp³-hybridized carbons (Fsp3) is 0.188. The number of thiocarbonyl (C=S) groups is 1. The maximum Gasteiger partial charge on any atom is 0.130 e. The highest BCUT2D eigenvalue weighted by molar-refractivity contribution is 7.80. The summed E-state index contributed by atoms with van der Waals surface area (Å²) in [6.45, 7) is 2.67. The third-order valence-electron chi connectivity index (χ3n) is 2.87. The van der Waals surface area contributed by atoms with Crippen LogP contribution >= 0.6 is 12.2 Å². The van der Waals surface area contributed by atoms with Crippen LogP contribution in [0.1, 0.15) is 18.1 Å². The van der Waals surface area contributed by atoms with Crippen molar-refractivity contribution < 1.29 is 13.9 Å². The molecule has 2 N–H and O–H groups in total. The minimum Gasteiger partial charge on any atom is -0.494 e. The smallest absolute Gasteiger partial charge is 0.130 e. The van der Waals surface area contributed by atoms with E-state index in [9.17, 15) is 4.39 Å². The number of hydrogen-bond acceptors (Lipinski definition) is 3. The molecule has 5 heteroatoms. The fourth-order valence-electron chi connectivity index (χ4n) is 1.78. The maximum absolute atomic E-state index is 13.9. The quantitative estimate of drug-likeness (QED) is 0.830. The van der Waals surface area contributed by atoms with Crippen molar-refractivity contribution in [2.75, 3.05) is 6.61 Å². The second-order valence-electron chi connectivity index (χ2n) is 4.36. The molecule has 0 unspecified atom stereocenters. The Morgan fingerprint density at radius 2 is 1.71 bits per heavy atom. The van der Waals surface area contributed by atoms with Gasteiger partial charge in [0.25, 0.3) is 0 Å². The van der Waals surface area contributed by atoms with Gasteiger partial charge in [-0.1, -0.05) is 24.4 Å². The van der Waals surface area contributed by atoms with Gasteiger partial charge >= 0.3 is 0 Å². The van der Waals surface area contributed by atoms with Crippen molar-refractivity contribution in [3.63, 3.8) is 0 Å². The molecule has 2 rings (SSSR count). The van der Waals surface area contributed by atoms with Crippen LogP contribution in [-0.2, 0) is 6.61 Å². The van der Waals surface area contributed by atoms with Gasteiger partial charge in [0.15, 0.2) is 0 Å². The Morgan fingerprint density at radius 3 is 2.24 bits per heavy atom. The zero-order chi connectivity index (χ0) is 15.2. The van der Waals surface area contributed by atoms with Crippen molar-refractivity contribution in [3.8, 4) is 11.5 Å². The molecule has 110 valence electrons. The molecule has 0 aliphatic rings. The molecule has 0 radical (unpaired) electrons. The highest BCUT2D eigenvalue weighted by atomic mass is 32.1. The summed E-state index contributed by atoms with van der Waals surface area (Å²) in [4.78, 5) is 0.174. The van der Waals surface area contributed by atoms with Crippen molar-refractivity contribution >= 4 is 17.2 Å². The summed E-state index contributed by atoms with van der Waals surface area (Å²) in [6.07, 6.45) is 0. The van der Waals surface area contributed by atoms with Gasteiger partial charge < -0.3 is 15.2 Å². The van der Waals surface area contributed by atoms with Crippen LogP contribution in [0, 0.1) is 5.82 Å². The van der Waals surface area contributed by atoms with Crippen LogP contribution in [0.2, 0.25) is 0 Å². The molecular formula is C16H16FNO2S. The number of halogens is 1. The van der Waals surface area contributed by atoms with E-state index in [1.54, 1.807) is 24.3 Å². The van der Waals surface area contributed by atoms with Gasteiger partial charge in [0.1, 0.15) is 28.9 Å². The predicted octanol–water partition coefficient (Wildman–Crippen LogP) is 3.44. The number of rotatable bonds is 6. The van der Waals surface area contributed by atoms with Crippen LogP contribution in [-0.4, -0.2) is 11.6 Å². The first-order valence-electron chi connectivity index (χ1n) is 6.54. The lowest BCUT2D eigenvalue weighted by Crippen LogP contribution is -2.10. The Balaban J connectivity index is 2.01. The van der Waals surface area contributed by atoms with Crippen molar-refractivity contribution in [3.05, 3.63) is 59.4 Å². The van der Waals surface area contributed by atoms with E-state index in [1.807, 2.05) is 19.1 Å². The second-order valence-corrected chi connectivity index (χ2v) is 4.80. The lowest BCUT2D eigenvalue weighted by Gasteiger charge is -2.09. The molecule has 0 fully saturated rings. The summed E-state index contributed by atoms with van der Waals surface area (Å²) < 4.78 is 24.7. The molecular weight excluding hydrogens is 289 g/mol. The molecule has 3 nitrogen and oxygen atoms in total. The molecule has 0 heterocycles. The normalized spacial score (nSPS) is 10.2. The van der Waals surface area contributed by atoms with Crippen LogP contribution in [0.3, 0.4) is 0 Å². The fourth-order valence-corrected chi connectivity index (χ4v) is 1.90. The molecule has 0 amide bonds. The van der Waals surface area contributed by atoms with Gasteiger partial charge in [-0.2, -0.15) is 0 Å². The second kappa shape index (κ2) is 7.04. The molecule has 2 aromatic carbocycles. The number of hydrogen-bond donors (Lipinski definition) is 1. The van der Waals surface area contributed by atoms with Crippen molar-refractivity contribution in [1.82, 2.24) is 0 Å². The first-order valence-corrected chi connectivity index (χ1v) is 6.95. The molecule has 0 atom stereocenters. The lowest BCUT2D eigenvalue weighted by molar-refractivity contribution is 0.298. The summed E-state index contributed by atoms with van der Waals surface area (Å²) in [6, 6.07) is 11.8.